The van der Waals surface area contributed by atoms with E-state index in [9.17, 15) is 4.79 Å². The number of amides is 2. The second-order valence-corrected chi connectivity index (χ2v) is 4.35. The molecule has 0 aliphatic rings. The number of likely N-dealkylation sites (N-methyl/N-ethyl adjacent to an activating group) is 1. The number of rotatable bonds is 6. The Kier molecular flexibility index (Phi) is 6.54. The van der Waals surface area contributed by atoms with Crippen LogP contribution in [0.25, 0.3) is 0 Å². The highest BCUT2D eigenvalue weighted by atomic mass is 35.5. The minimum Gasteiger partial charge on any atom is -0.395 e. The Morgan fingerprint density at radius 2 is 2.06 bits per heavy atom. The fourth-order valence-electron chi connectivity index (χ4n) is 1.60. The molecule has 0 unspecified atom stereocenters. The van der Waals surface area contributed by atoms with Crippen LogP contribution in [0.2, 0.25) is 5.02 Å². The fraction of sp³-hybridized carbons (Fsp3) is 0.462. The monoisotopic (exact) mass is 270 g/mol. The van der Waals surface area contributed by atoms with Gasteiger partial charge in [0.2, 0.25) is 0 Å². The van der Waals surface area contributed by atoms with Gasteiger partial charge >= 0.3 is 6.03 Å². The minimum absolute atomic E-state index is 0.0154. The number of hydrogen-bond acceptors (Lipinski definition) is 2. The minimum atomic E-state index is -0.138. The maximum absolute atomic E-state index is 11.7. The van der Waals surface area contributed by atoms with E-state index < -0.39 is 0 Å². The van der Waals surface area contributed by atoms with E-state index >= 15 is 0 Å². The maximum atomic E-state index is 11.7. The summed E-state index contributed by atoms with van der Waals surface area (Å²) in [6.45, 7) is 3.39. The third kappa shape index (κ3) is 4.94. The molecule has 0 spiro atoms. The molecule has 0 aliphatic carbocycles. The van der Waals surface area contributed by atoms with Gasteiger partial charge in [0, 0.05) is 24.7 Å². The first-order valence-corrected chi connectivity index (χ1v) is 6.43. The van der Waals surface area contributed by atoms with Gasteiger partial charge < -0.3 is 15.3 Å². The first-order valence-electron chi connectivity index (χ1n) is 6.05. The normalized spacial score (nSPS) is 10.2. The summed E-state index contributed by atoms with van der Waals surface area (Å²) in [6.07, 6.45) is 0.763. The lowest BCUT2D eigenvalue weighted by Crippen LogP contribution is -2.42. The Morgan fingerprint density at radius 1 is 1.39 bits per heavy atom. The quantitative estimate of drug-likeness (QED) is 0.830. The van der Waals surface area contributed by atoms with Crippen molar-refractivity contribution in [3.8, 4) is 0 Å². The van der Waals surface area contributed by atoms with E-state index in [1.54, 1.807) is 4.90 Å². The smallest absolute Gasteiger partial charge is 0.317 e. The summed E-state index contributed by atoms with van der Waals surface area (Å²) < 4.78 is 0. The van der Waals surface area contributed by atoms with Gasteiger partial charge in [0.05, 0.1) is 6.61 Å². The molecule has 0 radical (unpaired) electrons. The molecule has 0 heterocycles. The zero-order chi connectivity index (χ0) is 13.4. The second-order valence-electron chi connectivity index (χ2n) is 3.91. The summed E-state index contributed by atoms with van der Waals surface area (Å²) in [5.41, 5.74) is 1.13. The van der Waals surface area contributed by atoms with Crippen molar-refractivity contribution in [1.82, 2.24) is 10.2 Å². The molecule has 100 valence electrons. The van der Waals surface area contributed by atoms with Crippen molar-refractivity contribution in [2.24, 2.45) is 0 Å². The number of nitrogens with zero attached hydrogens (tertiary/aromatic N) is 1. The number of aliphatic hydroxyl groups is 1. The molecule has 1 aromatic carbocycles. The lowest BCUT2D eigenvalue weighted by molar-refractivity contribution is 0.180. The van der Waals surface area contributed by atoms with E-state index in [-0.39, 0.29) is 12.6 Å². The highest BCUT2D eigenvalue weighted by Gasteiger charge is 2.09. The number of carbonyl (C=O) groups is 1. The Labute approximate surface area is 113 Å². The third-order valence-corrected chi connectivity index (χ3v) is 2.89. The van der Waals surface area contributed by atoms with Crippen LogP contribution in [-0.2, 0) is 6.42 Å². The van der Waals surface area contributed by atoms with Crippen LogP contribution < -0.4 is 5.32 Å². The summed E-state index contributed by atoms with van der Waals surface area (Å²) in [5.74, 6) is 0. The molecular weight excluding hydrogens is 252 g/mol. The summed E-state index contributed by atoms with van der Waals surface area (Å²) in [5, 5.41) is 12.3. The van der Waals surface area contributed by atoms with Crippen molar-refractivity contribution < 1.29 is 9.90 Å². The van der Waals surface area contributed by atoms with Gasteiger partial charge in [-0.2, -0.15) is 0 Å². The van der Waals surface area contributed by atoms with E-state index in [2.05, 4.69) is 5.32 Å². The summed E-state index contributed by atoms with van der Waals surface area (Å²) in [6, 6.07) is 7.42. The largest absolute Gasteiger partial charge is 0.395 e. The highest BCUT2D eigenvalue weighted by molar-refractivity contribution is 6.30. The van der Waals surface area contributed by atoms with Crippen molar-refractivity contribution in [3.05, 3.63) is 34.9 Å². The molecule has 0 aromatic heterocycles. The van der Waals surface area contributed by atoms with Gasteiger partial charge in [-0.15, -0.1) is 0 Å². The zero-order valence-corrected chi connectivity index (χ0v) is 11.3. The Morgan fingerprint density at radius 3 is 2.61 bits per heavy atom. The molecule has 0 saturated heterocycles. The predicted octanol–water partition coefficient (Wildman–Crippen LogP) is 1.91. The van der Waals surface area contributed by atoms with Crippen molar-refractivity contribution in [2.45, 2.75) is 13.3 Å². The van der Waals surface area contributed by atoms with Crippen molar-refractivity contribution in [1.29, 1.82) is 0 Å². The molecule has 0 aliphatic heterocycles. The van der Waals surface area contributed by atoms with E-state index in [0.29, 0.717) is 24.7 Å². The number of nitrogens with one attached hydrogen (secondary N) is 1. The van der Waals surface area contributed by atoms with Crippen LogP contribution in [0.5, 0.6) is 0 Å². The molecule has 1 rings (SSSR count). The van der Waals surface area contributed by atoms with Gasteiger partial charge in [-0.05, 0) is 31.0 Å². The van der Waals surface area contributed by atoms with Gasteiger partial charge in [0.15, 0.2) is 0 Å². The molecule has 0 saturated carbocycles. The standard InChI is InChI=1S/C13H19ClN2O2/c1-2-16(9-10-17)13(18)15-8-7-11-3-5-12(14)6-4-11/h3-6,17H,2,7-10H2,1H3,(H,15,18). The van der Waals surface area contributed by atoms with Crippen LogP contribution in [0.4, 0.5) is 4.79 Å². The Bertz CT molecular complexity index is 368. The summed E-state index contributed by atoms with van der Waals surface area (Å²) in [7, 11) is 0. The van der Waals surface area contributed by atoms with Gasteiger partial charge in [-0.3, -0.25) is 0 Å². The van der Waals surface area contributed by atoms with Crippen LogP contribution in [0, 0.1) is 0 Å². The number of halogens is 1. The zero-order valence-electron chi connectivity index (χ0n) is 10.5. The fourth-order valence-corrected chi connectivity index (χ4v) is 1.73. The second kappa shape index (κ2) is 7.95. The number of hydrogen-bond donors (Lipinski definition) is 2. The molecule has 1 aromatic rings. The van der Waals surface area contributed by atoms with Crippen LogP contribution in [0.1, 0.15) is 12.5 Å². The predicted molar refractivity (Wildman–Crippen MR) is 72.9 cm³/mol. The first-order chi connectivity index (χ1) is 8.67. The lowest BCUT2D eigenvalue weighted by atomic mass is 10.1. The molecule has 4 nitrogen and oxygen atoms in total. The molecule has 0 fully saturated rings. The summed E-state index contributed by atoms with van der Waals surface area (Å²) >= 11 is 5.79. The third-order valence-electron chi connectivity index (χ3n) is 2.64. The number of aliphatic hydroxyl groups excluding tert-OH is 1. The first kappa shape index (κ1) is 14.8. The van der Waals surface area contributed by atoms with E-state index in [4.69, 9.17) is 16.7 Å². The van der Waals surface area contributed by atoms with Crippen LogP contribution in [0.15, 0.2) is 24.3 Å². The molecule has 18 heavy (non-hydrogen) atoms. The number of urea groups is 1. The average Bonchev–Trinajstić information content (AvgIpc) is 2.38. The molecule has 2 amide bonds. The number of carbonyl (C=O) groups excluding carboxylic acids is 1. The van der Waals surface area contributed by atoms with Crippen molar-refractivity contribution >= 4 is 17.6 Å². The van der Waals surface area contributed by atoms with Gasteiger partial charge in [0.25, 0.3) is 0 Å². The summed E-state index contributed by atoms with van der Waals surface area (Å²) in [4.78, 5) is 13.3. The number of benzene rings is 1. The molecule has 5 heteroatoms. The molecule has 2 N–H and O–H groups in total. The van der Waals surface area contributed by atoms with Crippen molar-refractivity contribution in [2.75, 3.05) is 26.2 Å². The average molecular weight is 271 g/mol. The SMILES string of the molecule is CCN(CCO)C(=O)NCCc1ccc(Cl)cc1. The van der Waals surface area contributed by atoms with Crippen LogP contribution >= 0.6 is 11.6 Å². The van der Waals surface area contributed by atoms with E-state index in [0.717, 1.165) is 12.0 Å². The topological polar surface area (TPSA) is 52.6 Å². The molecule has 0 atom stereocenters. The van der Waals surface area contributed by atoms with Crippen LogP contribution in [0.3, 0.4) is 0 Å². The Hall–Kier alpha value is -1.26. The van der Waals surface area contributed by atoms with Crippen LogP contribution in [-0.4, -0.2) is 42.3 Å². The van der Waals surface area contributed by atoms with E-state index in [1.807, 2.05) is 31.2 Å². The van der Waals surface area contributed by atoms with Gasteiger partial charge in [-0.25, -0.2) is 4.79 Å². The van der Waals surface area contributed by atoms with Gasteiger partial charge in [-0.1, -0.05) is 23.7 Å². The van der Waals surface area contributed by atoms with Gasteiger partial charge in [0.1, 0.15) is 0 Å². The maximum Gasteiger partial charge on any atom is 0.317 e. The van der Waals surface area contributed by atoms with E-state index in [1.165, 1.54) is 0 Å². The molecular formula is C13H19ClN2O2. The Balaban J connectivity index is 2.32. The molecule has 0 bridgehead atoms. The van der Waals surface area contributed by atoms with Crippen molar-refractivity contribution in [3.63, 3.8) is 0 Å². The highest BCUT2D eigenvalue weighted by Crippen LogP contribution is 2.09. The lowest BCUT2D eigenvalue weighted by Gasteiger charge is -2.20.